The fourth-order valence-corrected chi connectivity index (χ4v) is 1.25. The lowest BCUT2D eigenvalue weighted by Gasteiger charge is -2.10. The Balaban J connectivity index is 2.88. The smallest absolute Gasteiger partial charge is 0.406 e. The molecule has 0 saturated heterocycles. The van der Waals surface area contributed by atoms with Gasteiger partial charge in [-0.2, -0.15) is 0 Å². The van der Waals surface area contributed by atoms with E-state index < -0.39 is 11.2 Å². The third-order valence-corrected chi connectivity index (χ3v) is 2.27. The molecule has 0 N–H and O–H groups in total. The highest BCUT2D eigenvalue weighted by molar-refractivity contribution is 9.09. The molecule has 0 saturated carbocycles. The van der Waals surface area contributed by atoms with E-state index in [4.69, 9.17) is 0 Å². The zero-order valence-electron chi connectivity index (χ0n) is 7.29. The van der Waals surface area contributed by atoms with E-state index in [9.17, 15) is 18.0 Å². The lowest BCUT2D eigenvalue weighted by Crippen LogP contribution is -2.17. The third kappa shape index (κ3) is 3.91. The number of benzene rings is 1. The molecule has 0 heterocycles. The Morgan fingerprint density at radius 3 is 2.60 bits per heavy atom. The first-order valence-corrected chi connectivity index (χ1v) is 4.79. The van der Waals surface area contributed by atoms with Gasteiger partial charge < -0.3 is 9.53 Å². The Morgan fingerprint density at radius 1 is 1.40 bits per heavy atom. The Kier molecular flexibility index (Phi) is 3.73. The Bertz CT molecular complexity index is 351. The van der Waals surface area contributed by atoms with E-state index in [-0.39, 0.29) is 5.75 Å². The maximum absolute atomic E-state index is 11.9. The molecule has 1 rings (SSSR count). The number of carbonyl (C=O) groups excluding carboxylic acids is 1. The highest BCUT2D eigenvalue weighted by Crippen LogP contribution is 2.27. The summed E-state index contributed by atoms with van der Waals surface area (Å²) in [6.07, 6.45) is -4.14. The molecule has 1 atom stereocenters. The predicted molar refractivity (Wildman–Crippen MR) is 50.9 cm³/mol. The highest BCUT2D eigenvalue weighted by Gasteiger charge is 2.31. The molecule has 15 heavy (non-hydrogen) atoms. The van der Waals surface area contributed by atoms with Crippen LogP contribution in [-0.2, 0) is 4.79 Å². The maximum atomic E-state index is 11.9. The van der Waals surface area contributed by atoms with Gasteiger partial charge in [-0.05, 0) is 17.7 Å². The van der Waals surface area contributed by atoms with Gasteiger partial charge in [0.15, 0.2) is 0 Å². The van der Waals surface area contributed by atoms with Gasteiger partial charge in [-0.15, -0.1) is 13.2 Å². The number of rotatable bonds is 3. The number of aldehydes is 1. The van der Waals surface area contributed by atoms with Gasteiger partial charge in [0.2, 0.25) is 0 Å². The van der Waals surface area contributed by atoms with Crippen molar-refractivity contribution < 1.29 is 22.7 Å². The topological polar surface area (TPSA) is 26.3 Å². The van der Waals surface area contributed by atoms with E-state index in [0.29, 0.717) is 11.8 Å². The fraction of sp³-hybridized carbons (Fsp3) is 0.222. The second kappa shape index (κ2) is 4.65. The number of hydrogen-bond acceptors (Lipinski definition) is 2. The van der Waals surface area contributed by atoms with Crippen LogP contribution in [0.5, 0.6) is 5.75 Å². The molecule has 0 aliphatic rings. The first-order chi connectivity index (χ1) is 6.92. The summed E-state index contributed by atoms with van der Waals surface area (Å²) in [4.78, 5) is 9.76. The molecule has 0 radical (unpaired) electrons. The molecule has 0 aromatic heterocycles. The molecule has 0 aliphatic carbocycles. The van der Waals surface area contributed by atoms with Gasteiger partial charge in [0, 0.05) is 0 Å². The summed E-state index contributed by atoms with van der Waals surface area (Å²) in [6.45, 7) is 0. The van der Waals surface area contributed by atoms with Gasteiger partial charge >= 0.3 is 6.36 Å². The maximum Gasteiger partial charge on any atom is 0.573 e. The summed E-state index contributed by atoms with van der Waals surface area (Å²) in [5, 5.41) is 0. The van der Waals surface area contributed by atoms with Crippen LogP contribution >= 0.6 is 15.9 Å². The van der Waals surface area contributed by atoms with Crippen molar-refractivity contribution in [3.8, 4) is 5.75 Å². The van der Waals surface area contributed by atoms with Crippen molar-refractivity contribution in [2.45, 2.75) is 11.2 Å². The molecule has 1 unspecified atom stereocenters. The van der Waals surface area contributed by atoms with Crippen molar-refractivity contribution in [3.63, 3.8) is 0 Å². The largest absolute Gasteiger partial charge is 0.573 e. The molecule has 0 aliphatic heterocycles. The van der Waals surface area contributed by atoms with Crippen molar-refractivity contribution in [2.75, 3.05) is 0 Å². The van der Waals surface area contributed by atoms with Gasteiger partial charge in [0.05, 0.1) is 4.83 Å². The average molecular weight is 283 g/mol. The number of alkyl halides is 4. The molecule has 6 heteroatoms. The standard InChI is InChI=1S/C9H6BrF3O2/c10-8(5-14)6-2-1-3-7(4-6)15-9(11,12)13/h1-5,8H. The molecule has 0 fully saturated rings. The van der Waals surface area contributed by atoms with Crippen LogP contribution in [0.2, 0.25) is 0 Å². The average Bonchev–Trinajstić information content (AvgIpc) is 2.14. The molecular formula is C9H6BrF3O2. The van der Waals surface area contributed by atoms with E-state index in [1.54, 1.807) is 0 Å². The van der Waals surface area contributed by atoms with Gasteiger partial charge in [0.1, 0.15) is 12.0 Å². The van der Waals surface area contributed by atoms with E-state index in [2.05, 4.69) is 20.7 Å². The molecule has 1 aromatic carbocycles. The molecule has 0 spiro atoms. The van der Waals surface area contributed by atoms with Crippen LogP contribution in [0.1, 0.15) is 10.4 Å². The minimum absolute atomic E-state index is 0.341. The van der Waals surface area contributed by atoms with Crippen LogP contribution < -0.4 is 4.74 Å². The lowest BCUT2D eigenvalue weighted by molar-refractivity contribution is -0.274. The van der Waals surface area contributed by atoms with Crippen molar-refractivity contribution in [1.82, 2.24) is 0 Å². The van der Waals surface area contributed by atoms with Crippen LogP contribution in [-0.4, -0.2) is 12.6 Å². The Hall–Kier alpha value is -1.04. The summed E-state index contributed by atoms with van der Waals surface area (Å²) in [7, 11) is 0. The van der Waals surface area contributed by atoms with Crippen LogP contribution in [0.15, 0.2) is 24.3 Å². The van der Waals surface area contributed by atoms with Crippen LogP contribution in [0.4, 0.5) is 13.2 Å². The SMILES string of the molecule is O=CC(Br)c1cccc(OC(F)(F)F)c1. The quantitative estimate of drug-likeness (QED) is 0.629. The number of carbonyl (C=O) groups is 1. The minimum atomic E-state index is -4.72. The zero-order chi connectivity index (χ0) is 11.5. The Labute approximate surface area is 92.2 Å². The molecular weight excluding hydrogens is 277 g/mol. The van der Waals surface area contributed by atoms with Crippen LogP contribution in [0.25, 0.3) is 0 Å². The second-order valence-electron chi connectivity index (χ2n) is 2.66. The minimum Gasteiger partial charge on any atom is -0.406 e. The van der Waals surface area contributed by atoms with Gasteiger partial charge in [0.25, 0.3) is 0 Å². The van der Waals surface area contributed by atoms with E-state index in [1.807, 2.05) is 0 Å². The molecule has 0 amide bonds. The molecule has 2 nitrogen and oxygen atoms in total. The summed E-state index contributed by atoms with van der Waals surface area (Å²) in [5.41, 5.74) is 0.409. The van der Waals surface area contributed by atoms with E-state index in [1.165, 1.54) is 18.2 Å². The number of hydrogen-bond donors (Lipinski definition) is 0. The Morgan fingerprint density at radius 2 is 2.07 bits per heavy atom. The monoisotopic (exact) mass is 282 g/mol. The van der Waals surface area contributed by atoms with Gasteiger partial charge in [-0.1, -0.05) is 28.1 Å². The van der Waals surface area contributed by atoms with Crippen LogP contribution in [0, 0.1) is 0 Å². The predicted octanol–water partition coefficient (Wildman–Crippen LogP) is 3.22. The summed E-state index contributed by atoms with van der Waals surface area (Å²) < 4.78 is 39.3. The van der Waals surface area contributed by atoms with Crippen molar-refractivity contribution in [2.24, 2.45) is 0 Å². The lowest BCUT2D eigenvalue weighted by atomic mass is 10.1. The number of ether oxygens (including phenoxy) is 1. The first-order valence-electron chi connectivity index (χ1n) is 3.87. The van der Waals surface area contributed by atoms with E-state index >= 15 is 0 Å². The molecule has 1 aromatic rings. The summed E-state index contributed by atoms with van der Waals surface area (Å²) in [6, 6.07) is 5.23. The van der Waals surface area contributed by atoms with Crippen LogP contribution in [0.3, 0.4) is 0 Å². The van der Waals surface area contributed by atoms with Crippen molar-refractivity contribution in [1.29, 1.82) is 0 Å². The van der Waals surface area contributed by atoms with Crippen molar-refractivity contribution in [3.05, 3.63) is 29.8 Å². The first kappa shape index (κ1) is 12.0. The number of halogens is 4. The second-order valence-corrected chi connectivity index (χ2v) is 3.64. The van der Waals surface area contributed by atoms with Gasteiger partial charge in [-0.25, -0.2) is 0 Å². The van der Waals surface area contributed by atoms with E-state index in [0.717, 1.165) is 6.07 Å². The summed E-state index contributed by atoms with van der Waals surface area (Å²) in [5.74, 6) is -0.341. The zero-order valence-corrected chi connectivity index (χ0v) is 8.88. The molecule has 0 bridgehead atoms. The normalized spacial score (nSPS) is 13.3. The summed E-state index contributed by atoms with van der Waals surface area (Å²) >= 11 is 2.99. The van der Waals surface area contributed by atoms with Gasteiger partial charge in [-0.3, -0.25) is 0 Å². The highest BCUT2D eigenvalue weighted by atomic mass is 79.9. The third-order valence-electron chi connectivity index (χ3n) is 1.53. The van der Waals surface area contributed by atoms with Crippen molar-refractivity contribution >= 4 is 22.2 Å². The fourth-order valence-electron chi connectivity index (χ4n) is 0.962. The molecule has 82 valence electrons.